The highest BCUT2D eigenvalue weighted by Gasteiger charge is 2.17. The Morgan fingerprint density at radius 3 is 2.71 bits per heavy atom. The molecule has 1 unspecified atom stereocenters. The molecule has 5 nitrogen and oxygen atoms in total. The molecule has 0 radical (unpaired) electrons. The molecule has 21 heavy (non-hydrogen) atoms. The van der Waals surface area contributed by atoms with E-state index in [-0.39, 0.29) is 5.91 Å². The lowest BCUT2D eigenvalue weighted by atomic mass is 10.2. The lowest BCUT2D eigenvalue weighted by molar-refractivity contribution is -0.141. The van der Waals surface area contributed by atoms with Crippen molar-refractivity contribution in [2.45, 2.75) is 32.1 Å². The van der Waals surface area contributed by atoms with Gasteiger partial charge in [0.2, 0.25) is 5.91 Å². The maximum absolute atomic E-state index is 11.0. The van der Waals surface area contributed by atoms with Crippen molar-refractivity contribution in [1.82, 2.24) is 5.32 Å². The molecule has 0 spiro atoms. The van der Waals surface area contributed by atoms with Gasteiger partial charge in [0, 0.05) is 18.2 Å². The first-order valence-corrected chi connectivity index (χ1v) is 7.98. The van der Waals surface area contributed by atoms with E-state index < -0.39 is 12.0 Å². The number of benzene rings is 1. The zero-order valence-electron chi connectivity index (χ0n) is 12.3. The molecule has 1 aromatic rings. The topological polar surface area (TPSA) is 75.6 Å². The minimum absolute atomic E-state index is 0.325. The predicted octanol–water partition coefficient (Wildman–Crippen LogP) is 2.30. The molecule has 0 aliphatic rings. The van der Waals surface area contributed by atoms with Crippen LogP contribution in [0.25, 0.3) is 0 Å². The first-order chi connectivity index (χ1) is 10.0. The van der Waals surface area contributed by atoms with E-state index in [1.165, 1.54) is 6.92 Å². The van der Waals surface area contributed by atoms with Gasteiger partial charge in [-0.2, -0.15) is 11.8 Å². The van der Waals surface area contributed by atoms with Crippen molar-refractivity contribution in [1.29, 1.82) is 0 Å². The molecular weight excluding hydrogens is 290 g/mol. The average Bonchev–Trinajstić information content (AvgIpc) is 2.43. The quantitative estimate of drug-likeness (QED) is 0.684. The zero-order valence-corrected chi connectivity index (χ0v) is 13.1. The molecule has 1 atom stereocenters. The number of ether oxygens (including phenoxy) is 1. The highest BCUT2D eigenvalue weighted by Crippen LogP contribution is 2.23. The highest BCUT2D eigenvalue weighted by molar-refractivity contribution is 7.98. The first kappa shape index (κ1) is 17.4. The number of carboxylic acids is 1. The summed E-state index contributed by atoms with van der Waals surface area (Å²) in [7, 11) is 0. The van der Waals surface area contributed by atoms with Gasteiger partial charge >= 0.3 is 5.97 Å². The van der Waals surface area contributed by atoms with Crippen LogP contribution in [0.5, 0.6) is 5.75 Å². The Morgan fingerprint density at radius 1 is 1.38 bits per heavy atom. The van der Waals surface area contributed by atoms with Crippen LogP contribution < -0.4 is 10.1 Å². The molecular formula is C15H21NO4S. The van der Waals surface area contributed by atoms with E-state index in [0.29, 0.717) is 18.8 Å². The summed E-state index contributed by atoms with van der Waals surface area (Å²) < 4.78 is 5.54. The van der Waals surface area contributed by atoms with Gasteiger partial charge in [-0.25, -0.2) is 4.79 Å². The normalized spacial score (nSPS) is 11.7. The molecule has 2 N–H and O–H groups in total. The Balaban J connectivity index is 2.42. The average molecular weight is 311 g/mol. The number of hydrogen-bond acceptors (Lipinski definition) is 4. The van der Waals surface area contributed by atoms with Crippen LogP contribution in [0.3, 0.4) is 0 Å². The molecule has 116 valence electrons. The van der Waals surface area contributed by atoms with Crippen LogP contribution in [0, 0.1) is 0 Å². The number of carboxylic acid groups (broad SMARTS) is 1. The summed E-state index contributed by atoms with van der Waals surface area (Å²) in [6, 6.07) is 6.99. The van der Waals surface area contributed by atoms with E-state index in [9.17, 15) is 9.59 Å². The van der Waals surface area contributed by atoms with Crippen LogP contribution in [-0.2, 0) is 15.3 Å². The number of aliphatic carboxylic acids is 1. The number of para-hydroxylation sites is 1. The molecule has 0 aliphatic heterocycles. The van der Waals surface area contributed by atoms with Gasteiger partial charge in [0.05, 0.1) is 6.61 Å². The van der Waals surface area contributed by atoms with Gasteiger partial charge in [0.25, 0.3) is 0 Å². The summed E-state index contributed by atoms with van der Waals surface area (Å²) in [5.74, 6) is 0.944. The van der Waals surface area contributed by atoms with Crippen LogP contribution >= 0.6 is 11.8 Å². The molecule has 1 rings (SSSR count). The second-order valence-corrected chi connectivity index (χ2v) is 5.58. The third-order valence-electron chi connectivity index (χ3n) is 2.76. The van der Waals surface area contributed by atoms with Crippen molar-refractivity contribution in [3.05, 3.63) is 29.8 Å². The van der Waals surface area contributed by atoms with Gasteiger partial charge in [-0.1, -0.05) is 18.2 Å². The third kappa shape index (κ3) is 6.53. The Morgan fingerprint density at radius 2 is 2.10 bits per heavy atom. The van der Waals surface area contributed by atoms with E-state index in [1.54, 1.807) is 11.8 Å². The Kier molecular flexibility index (Phi) is 7.68. The van der Waals surface area contributed by atoms with Crippen LogP contribution in [-0.4, -0.2) is 35.4 Å². The number of amides is 1. The largest absolute Gasteiger partial charge is 0.494 e. The fraction of sp³-hybridized carbons (Fsp3) is 0.467. The number of thioether (sulfide) groups is 1. The summed E-state index contributed by atoms with van der Waals surface area (Å²) >= 11 is 1.62. The van der Waals surface area contributed by atoms with E-state index in [0.717, 1.165) is 17.1 Å². The minimum atomic E-state index is -1.000. The van der Waals surface area contributed by atoms with Crippen molar-refractivity contribution in [2.24, 2.45) is 0 Å². The number of nitrogens with one attached hydrogen (secondary N) is 1. The highest BCUT2D eigenvalue weighted by atomic mass is 32.2. The smallest absolute Gasteiger partial charge is 0.326 e. The van der Waals surface area contributed by atoms with Gasteiger partial charge < -0.3 is 15.2 Å². The standard InChI is InChI=1S/C15H21NO4S/c1-3-20-14-7-5-4-6-12(14)10-21-9-8-13(15(18)19)16-11(2)17/h4-7,13H,3,8-10H2,1-2H3,(H,16,17)(H,18,19). The molecule has 6 heteroatoms. The van der Waals surface area contributed by atoms with Crippen molar-refractivity contribution in [3.8, 4) is 5.75 Å². The summed E-state index contributed by atoms with van der Waals surface area (Å²) in [4.78, 5) is 21.9. The van der Waals surface area contributed by atoms with E-state index in [4.69, 9.17) is 9.84 Å². The summed E-state index contributed by atoms with van der Waals surface area (Å²) in [6.45, 7) is 3.88. The molecule has 0 fully saturated rings. The second-order valence-electron chi connectivity index (χ2n) is 4.47. The van der Waals surface area contributed by atoms with Crippen molar-refractivity contribution >= 4 is 23.6 Å². The summed E-state index contributed by atoms with van der Waals surface area (Å²) in [5.41, 5.74) is 1.09. The summed E-state index contributed by atoms with van der Waals surface area (Å²) in [6.07, 6.45) is 0.399. The van der Waals surface area contributed by atoms with Crippen molar-refractivity contribution in [3.63, 3.8) is 0 Å². The second kappa shape index (κ2) is 9.28. The molecule has 0 bridgehead atoms. The predicted molar refractivity (Wildman–Crippen MR) is 83.6 cm³/mol. The van der Waals surface area contributed by atoms with Gasteiger partial charge in [-0.15, -0.1) is 0 Å². The zero-order chi connectivity index (χ0) is 15.7. The lowest BCUT2D eigenvalue weighted by Crippen LogP contribution is -2.39. The van der Waals surface area contributed by atoms with E-state index >= 15 is 0 Å². The van der Waals surface area contributed by atoms with Gasteiger partial charge in [0.1, 0.15) is 11.8 Å². The Hall–Kier alpha value is -1.69. The number of hydrogen-bond donors (Lipinski definition) is 2. The summed E-state index contributed by atoms with van der Waals surface area (Å²) in [5, 5.41) is 11.4. The Bertz CT molecular complexity index is 478. The molecule has 0 saturated heterocycles. The third-order valence-corrected chi connectivity index (χ3v) is 3.80. The number of carbonyl (C=O) groups excluding carboxylic acids is 1. The molecule has 0 saturated carbocycles. The maximum Gasteiger partial charge on any atom is 0.326 e. The van der Waals surface area contributed by atoms with Gasteiger partial charge in [0.15, 0.2) is 0 Å². The monoisotopic (exact) mass is 311 g/mol. The molecule has 1 aromatic carbocycles. The van der Waals surface area contributed by atoms with Crippen molar-refractivity contribution < 1.29 is 19.4 Å². The van der Waals surface area contributed by atoms with Crippen LogP contribution in [0.2, 0.25) is 0 Å². The SMILES string of the molecule is CCOc1ccccc1CSCCC(NC(C)=O)C(=O)O. The van der Waals surface area contributed by atoms with Crippen LogP contribution in [0.4, 0.5) is 0 Å². The minimum Gasteiger partial charge on any atom is -0.494 e. The fourth-order valence-corrected chi connectivity index (χ4v) is 2.81. The Labute approximate surface area is 129 Å². The fourth-order valence-electron chi connectivity index (χ4n) is 1.81. The molecule has 1 amide bonds. The van der Waals surface area contributed by atoms with Crippen LogP contribution in [0.15, 0.2) is 24.3 Å². The molecule has 0 aromatic heterocycles. The van der Waals surface area contributed by atoms with E-state index in [2.05, 4.69) is 5.32 Å². The van der Waals surface area contributed by atoms with E-state index in [1.807, 2.05) is 31.2 Å². The molecule has 0 aliphatic carbocycles. The van der Waals surface area contributed by atoms with Gasteiger partial charge in [-0.3, -0.25) is 4.79 Å². The first-order valence-electron chi connectivity index (χ1n) is 6.83. The number of carbonyl (C=O) groups is 2. The van der Waals surface area contributed by atoms with Crippen molar-refractivity contribution in [2.75, 3.05) is 12.4 Å². The lowest BCUT2D eigenvalue weighted by Gasteiger charge is -2.13. The molecule has 0 heterocycles. The number of rotatable bonds is 9. The van der Waals surface area contributed by atoms with Crippen LogP contribution in [0.1, 0.15) is 25.8 Å². The maximum atomic E-state index is 11.0. The van der Waals surface area contributed by atoms with Gasteiger partial charge in [-0.05, 0) is 25.2 Å².